The Kier molecular flexibility index (Phi) is 6.30. The highest BCUT2D eigenvalue weighted by molar-refractivity contribution is 8.01. The average Bonchev–Trinajstić information content (AvgIpc) is 3.30. The normalized spacial score (nSPS) is 10.9. The van der Waals surface area contributed by atoms with Gasteiger partial charge in [0.2, 0.25) is 11.0 Å². The van der Waals surface area contributed by atoms with Crippen molar-refractivity contribution in [3.05, 3.63) is 54.0 Å². The van der Waals surface area contributed by atoms with Crippen molar-refractivity contribution >= 4 is 39.8 Å². The summed E-state index contributed by atoms with van der Waals surface area (Å²) in [6.45, 7) is 4.81. The van der Waals surface area contributed by atoms with Gasteiger partial charge in [-0.05, 0) is 35.7 Å². The number of anilines is 2. The molecule has 0 saturated heterocycles. The molecule has 0 radical (unpaired) electrons. The number of rotatable bonds is 8. The van der Waals surface area contributed by atoms with E-state index in [9.17, 15) is 4.79 Å². The molecule has 1 amide bonds. The fraction of sp³-hybridized carbons (Fsp3) is 0.278. The summed E-state index contributed by atoms with van der Waals surface area (Å²) in [5.41, 5.74) is 2.02. The summed E-state index contributed by atoms with van der Waals surface area (Å²) in [6, 6.07) is 11.7. The summed E-state index contributed by atoms with van der Waals surface area (Å²) in [7, 11) is 0. The van der Waals surface area contributed by atoms with Gasteiger partial charge in [-0.2, -0.15) is 0 Å². The molecule has 0 unspecified atom stereocenters. The van der Waals surface area contributed by atoms with Crippen LogP contribution in [0.1, 0.15) is 31.1 Å². The fourth-order valence-corrected chi connectivity index (χ4v) is 3.76. The van der Waals surface area contributed by atoms with E-state index in [0.717, 1.165) is 15.8 Å². The number of nitrogens with one attached hydrogen (secondary N) is 2. The zero-order valence-electron chi connectivity index (χ0n) is 14.6. The molecule has 0 aliphatic carbocycles. The lowest BCUT2D eigenvalue weighted by molar-refractivity contribution is -0.113. The van der Waals surface area contributed by atoms with Gasteiger partial charge in [0, 0.05) is 5.69 Å². The molecule has 0 spiro atoms. The van der Waals surface area contributed by atoms with E-state index < -0.39 is 0 Å². The Morgan fingerprint density at radius 1 is 1.27 bits per heavy atom. The van der Waals surface area contributed by atoms with Gasteiger partial charge in [0.1, 0.15) is 5.76 Å². The SMILES string of the molecule is CC(C)c1cccc(NC(=O)CSc2nnc(NCc3ccco3)s2)c1. The van der Waals surface area contributed by atoms with Crippen molar-refractivity contribution in [1.82, 2.24) is 10.2 Å². The second kappa shape index (κ2) is 8.86. The fourth-order valence-electron chi connectivity index (χ4n) is 2.22. The van der Waals surface area contributed by atoms with E-state index in [1.54, 1.807) is 6.26 Å². The molecular formula is C18H20N4O2S2. The molecule has 0 saturated carbocycles. The lowest BCUT2D eigenvalue weighted by atomic mass is 10.0. The van der Waals surface area contributed by atoms with Gasteiger partial charge < -0.3 is 15.1 Å². The largest absolute Gasteiger partial charge is 0.467 e. The molecule has 8 heteroatoms. The molecule has 0 fully saturated rings. The zero-order valence-corrected chi connectivity index (χ0v) is 16.2. The lowest BCUT2D eigenvalue weighted by Crippen LogP contribution is -2.14. The van der Waals surface area contributed by atoms with Gasteiger partial charge in [0.25, 0.3) is 0 Å². The first-order valence-electron chi connectivity index (χ1n) is 8.22. The second-order valence-electron chi connectivity index (χ2n) is 5.92. The molecule has 2 heterocycles. The van der Waals surface area contributed by atoms with Gasteiger partial charge in [-0.3, -0.25) is 4.79 Å². The number of thioether (sulfide) groups is 1. The Bertz CT molecular complexity index is 847. The summed E-state index contributed by atoms with van der Waals surface area (Å²) in [5.74, 6) is 1.49. The first kappa shape index (κ1) is 18.5. The van der Waals surface area contributed by atoms with Crippen LogP contribution in [0.2, 0.25) is 0 Å². The number of carbonyl (C=O) groups excluding carboxylic acids is 1. The third-order valence-electron chi connectivity index (χ3n) is 3.56. The van der Waals surface area contributed by atoms with E-state index in [-0.39, 0.29) is 5.91 Å². The van der Waals surface area contributed by atoms with Crippen molar-refractivity contribution in [2.24, 2.45) is 0 Å². The first-order chi connectivity index (χ1) is 12.6. The van der Waals surface area contributed by atoms with Crippen LogP contribution < -0.4 is 10.6 Å². The Morgan fingerprint density at radius 3 is 2.92 bits per heavy atom. The molecule has 2 aromatic heterocycles. The maximum Gasteiger partial charge on any atom is 0.234 e. The van der Waals surface area contributed by atoms with Crippen LogP contribution in [0.25, 0.3) is 0 Å². The minimum atomic E-state index is -0.0591. The summed E-state index contributed by atoms with van der Waals surface area (Å²) in [5, 5.41) is 14.9. The Hall–Kier alpha value is -2.32. The Morgan fingerprint density at radius 2 is 2.15 bits per heavy atom. The highest BCUT2D eigenvalue weighted by atomic mass is 32.2. The van der Waals surface area contributed by atoms with E-state index in [1.807, 2.05) is 30.3 Å². The summed E-state index contributed by atoms with van der Waals surface area (Å²) in [6.07, 6.45) is 1.63. The molecular weight excluding hydrogens is 368 g/mol. The highest BCUT2D eigenvalue weighted by Crippen LogP contribution is 2.26. The predicted octanol–water partition coefficient (Wildman–Crippen LogP) is 4.60. The molecule has 3 aromatic rings. The molecule has 0 aliphatic heterocycles. The maximum absolute atomic E-state index is 12.2. The van der Waals surface area contributed by atoms with Gasteiger partial charge in [-0.25, -0.2) is 0 Å². The summed E-state index contributed by atoms with van der Waals surface area (Å²) >= 11 is 2.79. The van der Waals surface area contributed by atoms with Crippen LogP contribution in [0.4, 0.5) is 10.8 Å². The Balaban J connectivity index is 1.46. The molecule has 0 bridgehead atoms. The molecule has 0 atom stereocenters. The minimum absolute atomic E-state index is 0.0591. The van der Waals surface area contributed by atoms with Gasteiger partial charge in [-0.1, -0.05) is 49.1 Å². The van der Waals surface area contributed by atoms with Crippen molar-refractivity contribution in [2.45, 2.75) is 30.6 Å². The van der Waals surface area contributed by atoms with E-state index in [4.69, 9.17) is 4.42 Å². The van der Waals surface area contributed by atoms with Crippen molar-refractivity contribution in [3.63, 3.8) is 0 Å². The van der Waals surface area contributed by atoms with Crippen LogP contribution in [-0.2, 0) is 11.3 Å². The third kappa shape index (κ3) is 5.34. The molecule has 0 aliphatic rings. The van der Waals surface area contributed by atoms with E-state index in [0.29, 0.717) is 23.3 Å². The van der Waals surface area contributed by atoms with Crippen LogP contribution >= 0.6 is 23.1 Å². The lowest BCUT2D eigenvalue weighted by Gasteiger charge is -2.09. The molecule has 2 N–H and O–H groups in total. The molecule has 136 valence electrons. The van der Waals surface area contributed by atoms with Gasteiger partial charge in [0.05, 0.1) is 18.6 Å². The molecule has 3 rings (SSSR count). The van der Waals surface area contributed by atoms with Gasteiger partial charge in [-0.15, -0.1) is 10.2 Å². The number of furan rings is 1. The number of nitrogens with zero attached hydrogens (tertiary/aromatic N) is 2. The van der Waals surface area contributed by atoms with Gasteiger partial charge >= 0.3 is 0 Å². The van der Waals surface area contributed by atoms with E-state index >= 15 is 0 Å². The molecule has 1 aromatic carbocycles. The number of hydrogen-bond acceptors (Lipinski definition) is 7. The van der Waals surface area contributed by atoms with Crippen molar-refractivity contribution in [1.29, 1.82) is 0 Å². The van der Waals surface area contributed by atoms with Crippen molar-refractivity contribution in [2.75, 3.05) is 16.4 Å². The smallest absolute Gasteiger partial charge is 0.234 e. The second-order valence-corrected chi connectivity index (χ2v) is 8.12. The van der Waals surface area contributed by atoms with Crippen molar-refractivity contribution < 1.29 is 9.21 Å². The van der Waals surface area contributed by atoms with Crippen LogP contribution in [0.3, 0.4) is 0 Å². The Labute approximate surface area is 160 Å². The molecule has 6 nitrogen and oxygen atoms in total. The number of benzene rings is 1. The quantitative estimate of drug-likeness (QED) is 0.549. The van der Waals surface area contributed by atoms with Crippen LogP contribution in [0.5, 0.6) is 0 Å². The van der Waals surface area contributed by atoms with Crippen molar-refractivity contribution in [3.8, 4) is 0 Å². The van der Waals surface area contributed by atoms with Crippen LogP contribution in [0.15, 0.2) is 51.4 Å². The number of aromatic nitrogens is 2. The first-order valence-corrected chi connectivity index (χ1v) is 10.0. The number of amides is 1. The van der Waals surface area contributed by atoms with E-state index in [1.165, 1.54) is 28.7 Å². The molecule has 26 heavy (non-hydrogen) atoms. The number of hydrogen-bond donors (Lipinski definition) is 2. The van der Waals surface area contributed by atoms with E-state index in [2.05, 4.69) is 40.7 Å². The monoisotopic (exact) mass is 388 g/mol. The van der Waals surface area contributed by atoms with Crippen LogP contribution in [-0.4, -0.2) is 21.9 Å². The standard InChI is InChI=1S/C18H20N4O2S2/c1-12(2)13-5-3-6-14(9-13)20-16(23)11-25-18-22-21-17(26-18)19-10-15-7-4-8-24-15/h3-9,12H,10-11H2,1-2H3,(H,19,21)(H,20,23). The summed E-state index contributed by atoms with van der Waals surface area (Å²) < 4.78 is 6.00. The third-order valence-corrected chi connectivity index (χ3v) is 5.58. The number of carbonyl (C=O) groups is 1. The maximum atomic E-state index is 12.2. The highest BCUT2D eigenvalue weighted by Gasteiger charge is 2.09. The average molecular weight is 389 g/mol. The van der Waals surface area contributed by atoms with Crippen LogP contribution in [0, 0.1) is 0 Å². The topological polar surface area (TPSA) is 80.0 Å². The zero-order chi connectivity index (χ0) is 18.4. The minimum Gasteiger partial charge on any atom is -0.467 e. The van der Waals surface area contributed by atoms with Gasteiger partial charge in [0.15, 0.2) is 4.34 Å². The predicted molar refractivity (Wildman–Crippen MR) is 106 cm³/mol. The summed E-state index contributed by atoms with van der Waals surface area (Å²) in [4.78, 5) is 12.2.